The van der Waals surface area contributed by atoms with E-state index in [0.29, 0.717) is 18.4 Å². The van der Waals surface area contributed by atoms with Gasteiger partial charge in [0.15, 0.2) is 16.7 Å². The minimum atomic E-state index is 0.115. The molecule has 0 fully saturated rings. The van der Waals surface area contributed by atoms with Crippen molar-refractivity contribution in [3.63, 3.8) is 0 Å². The third-order valence-electron chi connectivity index (χ3n) is 6.82. The predicted molar refractivity (Wildman–Crippen MR) is 143 cm³/mol. The minimum absolute atomic E-state index is 0.115. The van der Waals surface area contributed by atoms with Gasteiger partial charge in [0, 0.05) is 18.7 Å². The highest BCUT2D eigenvalue weighted by atomic mass is 35.5. The van der Waals surface area contributed by atoms with Crippen molar-refractivity contribution in [1.82, 2.24) is 14.5 Å². The number of benzene rings is 2. The molecule has 2 aromatic carbocycles. The van der Waals surface area contributed by atoms with Gasteiger partial charge in [-0.15, -0.1) is 0 Å². The highest BCUT2D eigenvalue weighted by molar-refractivity contribution is 6.30. The third-order valence-corrected chi connectivity index (χ3v) is 7.10. The second-order valence-electron chi connectivity index (χ2n) is 9.41. The van der Waals surface area contributed by atoms with Gasteiger partial charge in [-0.3, -0.25) is 4.90 Å². The molecule has 1 aromatic heterocycles. The summed E-state index contributed by atoms with van der Waals surface area (Å²) in [4.78, 5) is 7.42. The van der Waals surface area contributed by atoms with Crippen LogP contribution in [0.2, 0.25) is 5.15 Å². The number of halogens is 1. The maximum atomic E-state index is 6.91. The van der Waals surface area contributed by atoms with Gasteiger partial charge < -0.3 is 14.0 Å². The van der Waals surface area contributed by atoms with E-state index in [-0.39, 0.29) is 6.04 Å². The molecule has 6 heteroatoms. The quantitative estimate of drug-likeness (QED) is 0.277. The Balaban J connectivity index is 1.69. The molecule has 1 aliphatic rings. The topological polar surface area (TPSA) is 39.5 Å². The van der Waals surface area contributed by atoms with Crippen LogP contribution in [0.3, 0.4) is 0 Å². The third kappa shape index (κ3) is 5.84. The molecule has 0 spiro atoms. The molecule has 35 heavy (non-hydrogen) atoms. The monoisotopic (exact) mass is 495 g/mol. The van der Waals surface area contributed by atoms with Crippen molar-refractivity contribution >= 4 is 11.6 Å². The number of ether oxygens (including phenoxy) is 2. The summed E-state index contributed by atoms with van der Waals surface area (Å²) in [6.07, 6.45) is 4.47. The first kappa shape index (κ1) is 25.6. The highest BCUT2D eigenvalue weighted by Gasteiger charge is 2.27. The Morgan fingerprint density at radius 3 is 2.51 bits per heavy atom. The zero-order chi connectivity index (χ0) is 24.8. The molecule has 0 bridgehead atoms. The summed E-state index contributed by atoms with van der Waals surface area (Å²) < 4.78 is 13.9. The molecule has 1 unspecified atom stereocenters. The van der Waals surface area contributed by atoms with Gasteiger partial charge in [-0.1, -0.05) is 68.6 Å². The maximum absolute atomic E-state index is 6.91. The van der Waals surface area contributed by atoms with Gasteiger partial charge in [0.2, 0.25) is 0 Å². The molecule has 188 valence electrons. The molecular formula is C29H38ClN3O2. The van der Waals surface area contributed by atoms with Gasteiger partial charge in [0.05, 0.1) is 11.7 Å². The van der Waals surface area contributed by atoms with Crippen molar-refractivity contribution in [2.45, 2.75) is 72.5 Å². The minimum Gasteiger partial charge on any atom is -0.486 e. The van der Waals surface area contributed by atoms with Crippen molar-refractivity contribution in [3.05, 3.63) is 64.4 Å². The lowest BCUT2D eigenvalue weighted by Gasteiger charge is -2.31. The second kappa shape index (κ2) is 12.0. The summed E-state index contributed by atoms with van der Waals surface area (Å²) in [5.74, 6) is 2.64. The average Bonchev–Trinajstić information content (AvgIpc) is 3.20. The number of nitrogens with zero attached hydrogens (tertiary/aromatic N) is 3. The fourth-order valence-electron chi connectivity index (χ4n) is 4.77. The number of rotatable bonds is 11. The van der Waals surface area contributed by atoms with Gasteiger partial charge in [-0.05, 0) is 56.5 Å². The molecule has 1 aliphatic heterocycles. The van der Waals surface area contributed by atoms with E-state index in [1.54, 1.807) is 0 Å². The summed E-state index contributed by atoms with van der Waals surface area (Å²) in [5.41, 5.74) is 4.68. The number of imidazole rings is 1. The van der Waals surface area contributed by atoms with Crippen molar-refractivity contribution in [2.24, 2.45) is 0 Å². The van der Waals surface area contributed by atoms with Crippen LogP contribution in [0.5, 0.6) is 11.5 Å². The van der Waals surface area contributed by atoms with E-state index >= 15 is 0 Å². The first-order chi connectivity index (χ1) is 17.0. The van der Waals surface area contributed by atoms with Gasteiger partial charge in [0.1, 0.15) is 19.0 Å². The summed E-state index contributed by atoms with van der Waals surface area (Å²) in [5, 5.41) is 0.607. The van der Waals surface area contributed by atoms with Crippen molar-refractivity contribution < 1.29 is 9.47 Å². The van der Waals surface area contributed by atoms with Crippen LogP contribution < -0.4 is 9.47 Å². The van der Waals surface area contributed by atoms with E-state index in [1.165, 1.54) is 11.1 Å². The van der Waals surface area contributed by atoms with Crippen LogP contribution >= 0.6 is 11.6 Å². The Labute approximate surface area is 215 Å². The molecule has 0 N–H and O–H groups in total. The molecule has 0 amide bonds. The number of aromatic nitrogens is 2. The smallest absolute Gasteiger partial charge is 0.161 e. The van der Waals surface area contributed by atoms with Gasteiger partial charge in [-0.25, -0.2) is 4.98 Å². The summed E-state index contributed by atoms with van der Waals surface area (Å²) in [6, 6.07) is 14.8. The van der Waals surface area contributed by atoms with Crippen LogP contribution in [0.25, 0.3) is 11.4 Å². The van der Waals surface area contributed by atoms with Crippen molar-refractivity contribution in [1.29, 1.82) is 0 Å². The zero-order valence-corrected chi connectivity index (χ0v) is 22.3. The number of hydrogen-bond acceptors (Lipinski definition) is 4. The maximum Gasteiger partial charge on any atom is 0.161 e. The molecular weight excluding hydrogens is 458 g/mol. The van der Waals surface area contributed by atoms with Crippen LogP contribution in [-0.2, 0) is 13.1 Å². The molecule has 0 aliphatic carbocycles. The van der Waals surface area contributed by atoms with Crippen LogP contribution in [0.1, 0.15) is 69.3 Å². The van der Waals surface area contributed by atoms with E-state index in [1.807, 2.05) is 6.07 Å². The Kier molecular flexibility index (Phi) is 8.74. The van der Waals surface area contributed by atoms with E-state index < -0.39 is 0 Å². The fourth-order valence-corrected chi connectivity index (χ4v) is 5.11. The van der Waals surface area contributed by atoms with Gasteiger partial charge >= 0.3 is 0 Å². The molecule has 3 aromatic rings. The van der Waals surface area contributed by atoms with E-state index in [2.05, 4.69) is 73.6 Å². The fraction of sp³-hybridized carbons (Fsp3) is 0.483. The molecule has 0 saturated heterocycles. The second-order valence-corrected chi connectivity index (χ2v) is 9.77. The van der Waals surface area contributed by atoms with E-state index in [4.69, 9.17) is 26.1 Å². The highest BCUT2D eigenvalue weighted by Crippen LogP contribution is 2.36. The SMILES string of the molecule is CCCCN(Cc1ccc2c(c1)OCCO2)C(C)c1c(Cl)nc(-c2ccccc2C)n1CCCC. The lowest BCUT2D eigenvalue weighted by molar-refractivity contribution is 0.169. The number of fused-ring (bicyclic) bond motifs is 1. The molecule has 4 rings (SSSR count). The van der Waals surface area contributed by atoms with E-state index in [0.717, 1.165) is 73.9 Å². The van der Waals surface area contributed by atoms with Crippen LogP contribution in [0.4, 0.5) is 0 Å². The Morgan fingerprint density at radius 2 is 1.77 bits per heavy atom. The molecule has 2 heterocycles. The molecule has 5 nitrogen and oxygen atoms in total. The number of aryl methyl sites for hydroxylation is 1. The standard InChI is InChI=1S/C29H38ClN3O2/c1-5-7-15-32(20-23-13-14-25-26(19-23)35-18-17-34-25)22(4)27-28(30)31-29(33(27)16-8-6-2)24-12-10-9-11-21(24)3/h9-14,19,22H,5-8,15-18,20H2,1-4H3. The lowest BCUT2D eigenvalue weighted by Crippen LogP contribution is -2.29. The summed E-state index contributed by atoms with van der Waals surface area (Å²) >= 11 is 6.91. The normalized spacial score (nSPS) is 13.9. The van der Waals surface area contributed by atoms with Gasteiger partial charge in [-0.2, -0.15) is 0 Å². The summed E-state index contributed by atoms with van der Waals surface area (Å²) in [7, 11) is 0. The van der Waals surface area contributed by atoms with Crippen LogP contribution in [-0.4, -0.2) is 34.2 Å². The Hall–Kier alpha value is -2.50. The molecule has 0 radical (unpaired) electrons. The van der Waals surface area contributed by atoms with E-state index in [9.17, 15) is 0 Å². The Morgan fingerprint density at radius 1 is 1.03 bits per heavy atom. The number of unbranched alkanes of at least 4 members (excludes halogenated alkanes) is 2. The van der Waals surface area contributed by atoms with Crippen molar-refractivity contribution in [2.75, 3.05) is 19.8 Å². The molecule has 0 saturated carbocycles. The van der Waals surface area contributed by atoms with Crippen LogP contribution in [0.15, 0.2) is 42.5 Å². The molecule has 1 atom stereocenters. The zero-order valence-electron chi connectivity index (χ0n) is 21.5. The van der Waals surface area contributed by atoms with Gasteiger partial charge in [0.25, 0.3) is 0 Å². The largest absolute Gasteiger partial charge is 0.486 e. The summed E-state index contributed by atoms with van der Waals surface area (Å²) in [6.45, 7) is 12.8. The van der Waals surface area contributed by atoms with Crippen LogP contribution in [0, 0.1) is 6.92 Å². The lowest BCUT2D eigenvalue weighted by atomic mass is 10.1. The first-order valence-electron chi connectivity index (χ1n) is 13.0. The predicted octanol–water partition coefficient (Wildman–Crippen LogP) is 7.45. The van der Waals surface area contributed by atoms with Crippen molar-refractivity contribution in [3.8, 4) is 22.9 Å². The Bertz CT molecular complexity index is 1130. The number of hydrogen-bond donors (Lipinski definition) is 0. The average molecular weight is 496 g/mol. The first-order valence-corrected chi connectivity index (χ1v) is 13.4.